The Labute approximate surface area is 108 Å². The van der Waals surface area contributed by atoms with Crippen molar-refractivity contribution < 1.29 is 0 Å². The fourth-order valence-corrected chi connectivity index (χ4v) is 1.98. The lowest BCUT2D eigenvalue weighted by Crippen LogP contribution is -2.29. The molecule has 0 aliphatic carbocycles. The highest BCUT2D eigenvalue weighted by Crippen LogP contribution is 2.03. The van der Waals surface area contributed by atoms with E-state index in [0.717, 1.165) is 31.8 Å². The van der Waals surface area contributed by atoms with E-state index in [9.17, 15) is 0 Å². The number of nitrogens with one attached hydrogen (secondary N) is 1. The number of nitrogens with zero attached hydrogens (tertiary/aromatic N) is 4. The summed E-state index contributed by atoms with van der Waals surface area (Å²) < 4.78 is 1.78. The maximum atomic E-state index is 4.40. The van der Waals surface area contributed by atoms with Crippen LogP contribution in [-0.2, 0) is 0 Å². The van der Waals surface area contributed by atoms with Crippen molar-refractivity contribution in [2.45, 2.75) is 20.3 Å². The van der Waals surface area contributed by atoms with Crippen LogP contribution in [0.4, 0.5) is 5.95 Å². The van der Waals surface area contributed by atoms with Gasteiger partial charge in [0, 0.05) is 19.3 Å². The molecule has 0 saturated heterocycles. The van der Waals surface area contributed by atoms with Crippen LogP contribution in [0.3, 0.4) is 0 Å². The summed E-state index contributed by atoms with van der Waals surface area (Å²) in [5.41, 5.74) is 0.876. The molecule has 1 N–H and O–H groups in total. The van der Waals surface area contributed by atoms with Gasteiger partial charge in [0.05, 0.1) is 0 Å². The standard InChI is InChI=1S/C13H21N5/c1-3-9-17(4-2)11-8-14-13-15-12-7-5-6-10-18(12)16-13/h5-7,10H,3-4,8-9,11H2,1-2H3,(H,14,16). The molecule has 5 nitrogen and oxygen atoms in total. The number of pyridine rings is 1. The quantitative estimate of drug-likeness (QED) is 0.811. The van der Waals surface area contributed by atoms with Crippen molar-refractivity contribution in [1.82, 2.24) is 19.5 Å². The molecule has 0 saturated carbocycles. The minimum Gasteiger partial charge on any atom is -0.352 e. The van der Waals surface area contributed by atoms with Gasteiger partial charge < -0.3 is 10.2 Å². The molecule has 0 aliphatic rings. The van der Waals surface area contributed by atoms with Gasteiger partial charge in [-0.25, -0.2) is 4.52 Å². The minimum absolute atomic E-state index is 0.703. The number of aromatic nitrogens is 3. The molecule has 0 atom stereocenters. The second-order valence-electron chi connectivity index (χ2n) is 4.30. The largest absolute Gasteiger partial charge is 0.352 e. The predicted molar refractivity (Wildman–Crippen MR) is 73.9 cm³/mol. The molecule has 2 aromatic heterocycles. The van der Waals surface area contributed by atoms with Gasteiger partial charge in [0.15, 0.2) is 5.65 Å². The lowest BCUT2D eigenvalue weighted by molar-refractivity contribution is 0.300. The lowest BCUT2D eigenvalue weighted by atomic mass is 10.4. The molecule has 2 rings (SSSR count). The third kappa shape index (κ3) is 3.20. The second kappa shape index (κ2) is 6.35. The normalized spacial score (nSPS) is 11.3. The molecule has 0 fully saturated rings. The third-order valence-corrected chi connectivity index (χ3v) is 2.94. The van der Waals surface area contributed by atoms with Gasteiger partial charge in [-0.15, -0.1) is 5.10 Å². The van der Waals surface area contributed by atoms with E-state index in [0.29, 0.717) is 5.95 Å². The zero-order valence-corrected chi connectivity index (χ0v) is 11.1. The van der Waals surface area contributed by atoms with Gasteiger partial charge in [-0.3, -0.25) is 0 Å². The summed E-state index contributed by atoms with van der Waals surface area (Å²) in [6.07, 6.45) is 3.10. The first-order valence-electron chi connectivity index (χ1n) is 6.61. The Morgan fingerprint density at radius 2 is 2.17 bits per heavy atom. The molecule has 0 aromatic carbocycles. The van der Waals surface area contributed by atoms with Crippen molar-refractivity contribution in [2.24, 2.45) is 0 Å². The Morgan fingerprint density at radius 1 is 1.28 bits per heavy atom. The van der Waals surface area contributed by atoms with Crippen LogP contribution in [0.5, 0.6) is 0 Å². The molecule has 0 aliphatic heterocycles. The topological polar surface area (TPSA) is 45.5 Å². The van der Waals surface area contributed by atoms with Crippen LogP contribution in [0, 0.1) is 0 Å². The van der Waals surface area contributed by atoms with Gasteiger partial charge in [-0.1, -0.05) is 19.9 Å². The van der Waals surface area contributed by atoms with Crippen molar-refractivity contribution in [3.8, 4) is 0 Å². The zero-order chi connectivity index (χ0) is 12.8. The molecule has 5 heteroatoms. The number of hydrogen-bond donors (Lipinski definition) is 1. The average Bonchev–Trinajstić information content (AvgIpc) is 2.80. The summed E-state index contributed by atoms with van der Waals surface area (Å²) >= 11 is 0. The summed E-state index contributed by atoms with van der Waals surface area (Å²) in [5, 5.41) is 7.63. The van der Waals surface area contributed by atoms with Crippen molar-refractivity contribution >= 4 is 11.6 Å². The first-order valence-corrected chi connectivity index (χ1v) is 6.61. The average molecular weight is 247 g/mol. The summed E-state index contributed by atoms with van der Waals surface area (Å²) in [4.78, 5) is 6.82. The molecule has 2 aromatic rings. The minimum atomic E-state index is 0.703. The number of fused-ring (bicyclic) bond motifs is 1. The molecule has 0 bridgehead atoms. The molecule has 0 unspecified atom stereocenters. The summed E-state index contributed by atoms with van der Waals surface area (Å²) in [6.45, 7) is 8.55. The highest BCUT2D eigenvalue weighted by molar-refractivity contribution is 5.42. The van der Waals surface area contributed by atoms with Crippen molar-refractivity contribution in [3.05, 3.63) is 24.4 Å². The third-order valence-electron chi connectivity index (χ3n) is 2.94. The van der Waals surface area contributed by atoms with Gasteiger partial charge in [-0.05, 0) is 31.6 Å². The van der Waals surface area contributed by atoms with E-state index in [1.807, 2.05) is 24.4 Å². The summed E-state index contributed by atoms with van der Waals surface area (Å²) in [6, 6.07) is 5.87. The zero-order valence-electron chi connectivity index (χ0n) is 11.1. The van der Waals surface area contributed by atoms with Gasteiger partial charge in [0.25, 0.3) is 0 Å². The monoisotopic (exact) mass is 247 g/mol. The highest BCUT2D eigenvalue weighted by Gasteiger charge is 2.03. The van der Waals surface area contributed by atoms with Crippen LogP contribution in [0.2, 0.25) is 0 Å². The van der Waals surface area contributed by atoms with Crippen LogP contribution in [0.15, 0.2) is 24.4 Å². The first-order chi connectivity index (χ1) is 8.83. The first kappa shape index (κ1) is 12.8. The molecular weight excluding hydrogens is 226 g/mol. The summed E-state index contributed by atoms with van der Waals surface area (Å²) in [5.74, 6) is 0.703. The van der Waals surface area contributed by atoms with Gasteiger partial charge >= 0.3 is 0 Å². The van der Waals surface area contributed by atoms with Crippen LogP contribution in [0.1, 0.15) is 20.3 Å². The van der Waals surface area contributed by atoms with Crippen molar-refractivity contribution in [2.75, 3.05) is 31.5 Å². The van der Waals surface area contributed by atoms with E-state index in [4.69, 9.17) is 0 Å². The van der Waals surface area contributed by atoms with Crippen molar-refractivity contribution in [1.29, 1.82) is 0 Å². The lowest BCUT2D eigenvalue weighted by Gasteiger charge is -2.19. The number of rotatable bonds is 7. The SMILES string of the molecule is CCCN(CC)CCNc1nc2ccccn2n1. The Hall–Kier alpha value is -1.62. The molecule has 0 amide bonds. The van der Waals surface area contributed by atoms with Crippen LogP contribution in [-0.4, -0.2) is 45.7 Å². The Kier molecular flexibility index (Phi) is 4.52. The van der Waals surface area contributed by atoms with E-state index < -0.39 is 0 Å². The molecule has 98 valence electrons. The van der Waals surface area contributed by atoms with E-state index >= 15 is 0 Å². The Bertz CT molecular complexity index is 446. The van der Waals surface area contributed by atoms with Gasteiger partial charge in [0.2, 0.25) is 5.95 Å². The molecule has 2 heterocycles. The van der Waals surface area contributed by atoms with Gasteiger partial charge in [0.1, 0.15) is 0 Å². The van der Waals surface area contributed by atoms with E-state index in [-0.39, 0.29) is 0 Å². The summed E-state index contributed by atoms with van der Waals surface area (Å²) in [7, 11) is 0. The van der Waals surface area contributed by atoms with Crippen LogP contribution >= 0.6 is 0 Å². The number of hydrogen-bond acceptors (Lipinski definition) is 4. The van der Waals surface area contributed by atoms with E-state index in [1.165, 1.54) is 6.42 Å². The van der Waals surface area contributed by atoms with E-state index in [2.05, 4.69) is 34.1 Å². The Balaban J connectivity index is 1.86. The van der Waals surface area contributed by atoms with Crippen LogP contribution < -0.4 is 5.32 Å². The molecule has 18 heavy (non-hydrogen) atoms. The fraction of sp³-hybridized carbons (Fsp3) is 0.538. The predicted octanol–water partition coefficient (Wildman–Crippen LogP) is 1.87. The van der Waals surface area contributed by atoms with Crippen LogP contribution in [0.25, 0.3) is 5.65 Å². The Morgan fingerprint density at radius 3 is 2.89 bits per heavy atom. The maximum Gasteiger partial charge on any atom is 0.243 e. The highest BCUT2D eigenvalue weighted by atomic mass is 15.3. The molecule has 0 radical (unpaired) electrons. The van der Waals surface area contributed by atoms with Gasteiger partial charge in [-0.2, -0.15) is 4.98 Å². The number of anilines is 1. The van der Waals surface area contributed by atoms with E-state index in [1.54, 1.807) is 4.52 Å². The fourth-order valence-electron chi connectivity index (χ4n) is 1.98. The maximum absolute atomic E-state index is 4.40. The smallest absolute Gasteiger partial charge is 0.243 e. The molecular formula is C13H21N5. The second-order valence-corrected chi connectivity index (χ2v) is 4.30. The van der Waals surface area contributed by atoms with Crippen molar-refractivity contribution in [3.63, 3.8) is 0 Å². The molecule has 0 spiro atoms. The number of likely N-dealkylation sites (N-methyl/N-ethyl adjacent to an activating group) is 1.